The number of carbonyl (C=O) groups is 3. The minimum Gasteiger partial charge on any atom is -0.485 e. The van der Waals surface area contributed by atoms with Crippen molar-refractivity contribution in [3.05, 3.63) is 22.3 Å². The summed E-state index contributed by atoms with van der Waals surface area (Å²) >= 11 is 0. The Hall–Kier alpha value is -2.94. The maximum atomic E-state index is 13.4. The molecule has 11 heteroatoms. The summed E-state index contributed by atoms with van der Waals surface area (Å²) in [5.74, 6) is -2.55. The molecule has 0 spiro atoms. The Kier molecular flexibility index (Phi) is 8.32. The van der Waals surface area contributed by atoms with Crippen LogP contribution in [0.5, 0.6) is 0 Å². The predicted octanol–water partition coefficient (Wildman–Crippen LogP) is 2.58. The lowest BCUT2D eigenvalue weighted by atomic mass is 9.86. The Morgan fingerprint density at radius 3 is 2.41 bits per heavy atom. The lowest BCUT2D eigenvalue weighted by Gasteiger charge is -2.40. The molecule has 2 atom stereocenters. The molecule has 0 aromatic rings. The van der Waals surface area contributed by atoms with Gasteiger partial charge in [0, 0.05) is 18.0 Å². The molecule has 0 fully saturated rings. The van der Waals surface area contributed by atoms with E-state index in [1.807, 2.05) is 13.8 Å². The number of nitrogens with zero attached hydrogens (tertiary/aromatic N) is 4. The van der Waals surface area contributed by atoms with E-state index in [1.165, 1.54) is 4.90 Å². The van der Waals surface area contributed by atoms with Crippen LogP contribution in [0.25, 0.3) is 10.4 Å². The van der Waals surface area contributed by atoms with Crippen LogP contribution in [0, 0.1) is 0 Å². The van der Waals surface area contributed by atoms with E-state index < -0.39 is 40.9 Å². The molecule has 162 valence electrons. The first-order valence-electron chi connectivity index (χ1n) is 9.44. The van der Waals surface area contributed by atoms with Gasteiger partial charge in [0.05, 0.1) is 6.04 Å². The van der Waals surface area contributed by atoms with Crippen LogP contribution in [-0.4, -0.2) is 64.9 Å². The van der Waals surface area contributed by atoms with Crippen LogP contribution in [-0.2, 0) is 19.1 Å². The van der Waals surface area contributed by atoms with Gasteiger partial charge in [0.1, 0.15) is 12.2 Å². The second kappa shape index (κ2) is 10.0. The molecule has 0 saturated heterocycles. The van der Waals surface area contributed by atoms with Crippen LogP contribution < -0.4 is 5.32 Å². The summed E-state index contributed by atoms with van der Waals surface area (Å²) in [6.45, 7) is 9.16. The fraction of sp³-hybridized carbons (Fsp3) is 0.722. The van der Waals surface area contributed by atoms with E-state index in [0.717, 1.165) is 6.08 Å². The van der Waals surface area contributed by atoms with E-state index in [-0.39, 0.29) is 6.61 Å². The van der Waals surface area contributed by atoms with Crippen molar-refractivity contribution in [3.8, 4) is 0 Å². The number of ether oxygens (including phenoxy) is 2. The number of alkyl carbamates (subject to hydrolysis) is 1. The zero-order chi connectivity index (χ0) is 22.2. The first-order valence-corrected chi connectivity index (χ1v) is 9.44. The molecule has 0 radical (unpaired) electrons. The Morgan fingerprint density at radius 2 is 1.97 bits per heavy atom. The van der Waals surface area contributed by atoms with Crippen LogP contribution in [0.2, 0.25) is 0 Å². The van der Waals surface area contributed by atoms with E-state index in [0.29, 0.717) is 25.9 Å². The summed E-state index contributed by atoms with van der Waals surface area (Å²) in [7, 11) is 0. The van der Waals surface area contributed by atoms with Gasteiger partial charge < -0.3 is 24.8 Å². The highest BCUT2D eigenvalue weighted by atomic mass is 16.6. The minimum atomic E-state index is -2.00. The molecular formula is C18H29N5O6. The Bertz CT molecular complexity index is 704. The van der Waals surface area contributed by atoms with Crippen LogP contribution in [0.3, 0.4) is 0 Å². The topological polar surface area (TPSA) is 154 Å². The molecule has 1 heterocycles. The summed E-state index contributed by atoms with van der Waals surface area (Å²) in [6, 6.07) is -1.15. The number of amides is 2. The SMILES string of the molecule is CCCN(CCC)C(=O)[C@]1(N=[N+]=[N-])C=C(C(=O)O)OC[C@@H]1NC(=O)OC(C)(C)C. The van der Waals surface area contributed by atoms with Gasteiger partial charge in [-0.3, -0.25) is 4.79 Å². The van der Waals surface area contributed by atoms with Crippen LogP contribution in [0.15, 0.2) is 16.9 Å². The van der Waals surface area contributed by atoms with E-state index in [1.54, 1.807) is 20.8 Å². The summed E-state index contributed by atoms with van der Waals surface area (Å²) in [5.41, 5.74) is 6.36. The molecule has 2 amide bonds. The molecule has 0 aromatic carbocycles. The minimum absolute atomic E-state index is 0.381. The van der Waals surface area contributed by atoms with Gasteiger partial charge >= 0.3 is 12.1 Å². The van der Waals surface area contributed by atoms with Crippen LogP contribution >= 0.6 is 0 Å². The van der Waals surface area contributed by atoms with Crippen LogP contribution in [0.4, 0.5) is 4.79 Å². The standard InChI is InChI=1S/C18H29N5O6/c1-6-8-23(9-7-2)15(26)18(21-22-19)10-12(14(24)25)28-11-13(18)20-16(27)29-17(3,4)5/h10,13H,6-9,11H2,1-5H3,(H,20,27)(H,24,25)/t13-,18-/m0/s1. The molecular weight excluding hydrogens is 382 g/mol. The molecule has 0 aliphatic carbocycles. The molecule has 1 aliphatic heterocycles. The van der Waals surface area contributed by atoms with Crippen molar-refractivity contribution in [1.29, 1.82) is 0 Å². The van der Waals surface area contributed by atoms with Gasteiger partial charge in [-0.05, 0) is 45.2 Å². The summed E-state index contributed by atoms with van der Waals surface area (Å²) in [6.07, 6.45) is 1.41. The molecule has 0 saturated carbocycles. The number of rotatable bonds is 8. The highest BCUT2D eigenvalue weighted by molar-refractivity contribution is 5.94. The largest absolute Gasteiger partial charge is 0.485 e. The van der Waals surface area contributed by atoms with Crippen molar-refractivity contribution >= 4 is 18.0 Å². The van der Waals surface area contributed by atoms with Crippen molar-refractivity contribution in [3.63, 3.8) is 0 Å². The van der Waals surface area contributed by atoms with E-state index in [4.69, 9.17) is 15.0 Å². The Labute approximate surface area is 169 Å². The van der Waals surface area contributed by atoms with Gasteiger partial charge in [0.15, 0.2) is 5.54 Å². The normalized spacial score (nSPS) is 21.1. The van der Waals surface area contributed by atoms with E-state index >= 15 is 0 Å². The average Bonchev–Trinajstić information content (AvgIpc) is 2.60. The van der Waals surface area contributed by atoms with Crippen molar-refractivity contribution in [2.45, 2.75) is 64.6 Å². The van der Waals surface area contributed by atoms with Gasteiger partial charge in [-0.1, -0.05) is 19.0 Å². The highest BCUT2D eigenvalue weighted by Gasteiger charge is 2.51. The maximum absolute atomic E-state index is 13.4. The third-order valence-corrected chi connectivity index (χ3v) is 4.02. The third kappa shape index (κ3) is 6.28. The highest BCUT2D eigenvalue weighted by Crippen LogP contribution is 2.30. The fourth-order valence-electron chi connectivity index (χ4n) is 2.90. The predicted molar refractivity (Wildman–Crippen MR) is 104 cm³/mol. The number of hydrogen-bond donors (Lipinski definition) is 2. The fourth-order valence-corrected chi connectivity index (χ4v) is 2.90. The van der Waals surface area contributed by atoms with Crippen molar-refractivity contribution in [1.82, 2.24) is 10.2 Å². The number of carbonyl (C=O) groups excluding carboxylic acids is 2. The number of nitrogens with one attached hydrogen (secondary N) is 1. The molecule has 0 unspecified atom stereocenters. The van der Waals surface area contributed by atoms with Gasteiger partial charge in [-0.15, -0.1) is 0 Å². The molecule has 1 aliphatic rings. The third-order valence-electron chi connectivity index (χ3n) is 4.02. The van der Waals surface area contributed by atoms with Crippen molar-refractivity contribution in [2.24, 2.45) is 5.11 Å². The summed E-state index contributed by atoms with van der Waals surface area (Å²) in [5, 5.41) is 15.5. The molecule has 29 heavy (non-hydrogen) atoms. The number of hydrogen-bond acceptors (Lipinski definition) is 6. The van der Waals surface area contributed by atoms with E-state index in [9.17, 15) is 19.5 Å². The summed E-state index contributed by atoms with van der Waals surface area (Å²) in [4.78, 5) is 41.4. The maximum Gasteiger partial charge on any atom is 0.408 e. The van der Waals surface area contributed by atoms with Gasteiger partial charge in [0.25, 0.3) is 0 Å². The molecule has 2 N–H and O–H groups in total. The molecule has 0 aromatic heterocycles. The van der Waals surface area contributed by atoms with Crippen molar-refractivity contribution < 1.29 is 29.0 Å². The second-order valence-corrected chi connectivity index (χ2v) is 7.63. The van der Waals surface area contributed by atoms with Gasteiger partial charge in [0.2, 0.25) is 11.7 Å². The smallest absolute Gasteiger partial charge is 0.408 e. The summed E-state index contributed by atoms with van der Waals surface area (Å²) < 4.78 is 10.4. The zero-order valence-electron chi connectivity index (χ0n) is 17.5. The van der Waals surface area contributed by atoms with Gasteiger partial charge in [-0.2, -0.15) is 0 Å². The monoisotopic (exact) mass is 411 g/mol. The average molecular weight is 411 g/mol. The van der Waals surface area contributed by atoms with E-state index in [2.05, 4.69) is 15.3 Å². The lowest BCUT2D eigenvalue weighted by molar-refractivity contribution is -0.140. The molecule has 1 rings (SSSR count). The Morgan fingerprint density at radius 1 is 1.38 bits per heavy atom. The number of aliphatic carboxylic acids is 1. The first-order chi connectivity index (χ1) is 13.5. The van der Waals surface area contributed by atoms with Crippen LogP contribution in [0.1, 0.15) is 47.5 Å². The zero-order valence-corrected chi connectivity index (χ0v) is 17.5. The number of azide groups is 1. The van der Waals surface area contributed by atoms with Gasteiger partial charge in [-0.25, -0.2) is 9.59 Å². The first kappa shape index (κ1) is 24.1. The molecule has 11 nitrogen and oxygen atoms in total. The van der Waals surface area contributed by atoms with Crippen molar-refractivity contribution in [2.75, 3.05) is 19.7 Å². The number of carboxylic acids is 1. The Balaban J connectivity index is 3.45. The molecule has 0 bridgehead atoms. The second-order valence-electron chi connectivity index (χ2n) is 7.63. The quantitative estimate of drug-likeness (QED) is 0.355. The lowest BCUT2D eigenvalue weighted by Crippen LogP contribution is -2.63. The number of carboxylic acid groups (broad SMARTS) is 1.